The average molecular weight is 278 g/mol. The van der Waals surface area contributed by atoms with Crippen LogP contribution in [0.25, 0.3) is 0 Å². The van der Waals surface area contributed by atoms with E-state index in [1.54, 1.807) is 0 Å². The van der Waals surface area contributed by atoms with Crippen molar-refractivity contribution in [3.05, 3.63) is 0 Å². The van der Waals surface area contributed by atoms with Crippen LogP contribution in [0.4, 0.5) is 13.2 Å². The van der Waals surface area contributed by atoms with Crippen molar-refractivity contribution in [3.63, 3.8) is 0 Å². The lowest BCUT2D eigenvalue weighted by molar-refractivity contribution is -0.147. The smallest absolute Gasteiger partial charge is 0.342 e. The minimum absolute atomic E-state index is 0.0272. The zero-order chi connectivity index (χ0) is 14.0. The van der Waals surface area contributed by atoms with Crippen molar-refractivity contribution in [3.8, 4) is 0 Å². The third-order valence-corrected chi connectivity index (χ3v) is 3.97. The molecule has 2 fully saturated rings. The molecule has 2 saturated carbocycles. The Morgan fingerprint density at radius 1 is 1.21 bits per heavy atom. The predicted octanol–water partition coefficient (Wildman–Crippen LogP) is 2.30. The van der Waals surface area contributed by atoms with Gasteiger partial charge in [-0.1, -0.05) is 0 Å². The van der Waals surface area contributed by atoms with Crippen molar-refractivity contribution < 1.29 is 18.0 Å². The van der Waals surface area contributed by atoms with Crippen LogP contribution in [0.1, 0.15) is 38.5 Å². The number of carbonyl (C=O) groups excluding carboxylic acids is 1. The first-order chi connectivity index (χ1) is 8.85. The maximum atomic E-state index is 12.3. The number of alkyl halides is 3. The summed E-state index contributed by atoms with van der Waals surface area (Å²) in [5.41, 5.74) is 5.77. The van der Waals surface area contributed by atoms with E-state index < -0.39 is 12.6 Å². The lowest BCUT2D eigenvalue weighted by atomic mass is 10.1. The van der Waals surface area contributed by atoms with Gasteiger partial charge in [0.2, 0.25) is 5.91 Å². The normalized spacial score (nSPS) is 27.6. The molecule has 0 aromatic carbocycles. The van der Waals surface area contributed by atoms with E-state index in [4.69, 9.17) is 5.73 Å². The number of hydrogen-bond acceptors (Lipinski definition) is 2. The molecule has 2 rings (SSSR count). The fourth-order valence-corrected chi connectivity index (χ4v) is 2.66. The highest BCUT2D eigenvalue weighted by Gasteiger charge is 2.36. The van der Waals surface area contributed by atoms with E-state index in [0.29, 0.717) is 25.3 Å². The molecule has 0 aromatic heterocycles. The highest BCUT2D eigenvalue weighted by Crippen LogP contribution is 2.33. The van der Waals surface area contributed by atoms with Crippen molar-refractivity contribution in [2.24, 2.45) is 17.6 Å². The van der Waals surface area contributed by atoms with Crippen molar-refractivity contribution in [1.82, 2.24) is 4.90 Å². The second-order valence-corrected chi connectivity index (χ2v) is 5.86. The lowest BCUT2D eigenvalue weighted by Crippen LogP contribution is -2.39. The van der Waals surface area contributed by atoms with Gasteiger partial charge >= 0.3 is 6.18 Å². The standard InChI is InChI=1S/C13H21F3N2O/c14-13(15,16)5-6-18(8-9-1-2-9)12(19)10-3-4-11(17)7-10/h9-11H,1-8,17H2. The third-order valence-electron chi connectivity index (χ3n) is 3.97. The molecule has 3 nitrogen and oxygen atoms in total. The molecular formula is C13H21F3N2O. The predicted molar refractivity (Wildman–Crippen MR) is 65.3 cm³/mol. The van der Waals surface area contributed by atoms with E-state index in [9.17, 15) is 18.0 Å². The van der Waals surface area contributed by atoms with Crippen molar-refractivity contribution in [2.45, 2.75) is 50.7 Å². The van der Waals surface area contributed by atoms with Crippen LogP contribution in [0.2, 0.25) is 0 Å². The summed E-state index contributed by atoms with van der Waals surface area (Å²) < 4.78 is 36.9. The number of rotatable bonds is 5. The van der Waals surface area contributed by atoms with E-state index in [1.165, 1.54) is 4.90 Å². The molecule has 0 heterocycles. The molecule has 0 saturated heterocycles. The summed E-state index contributed by atoms with van der Waals surface area (Å²) in [5.74, 6) is 0.123. The van der Waals surface area contributed by atoms with Gasteiger partial charge in [-0.3, -0.25) is 4.79 Å². The molecular weight excluding hydrogens is 257 g/mol. The summed E-state index contributed by atoms with van der Waals surface area (Å²) in [6.45, 7) is 0.283. The highest BCUT2D eigenvalue weighted by molar-refractivity contribution is 5.79. The first-order valence-corrected chi connectivity index (χ1v) is 6.96. The Morgan fingerprint density at radius 3 is 2.37 bits per heavy atom. The van der Waals surface area contributed by atoms with Crippen molar-refractivity contribution >= 4 is 5.91 Å². The molecule has 2 atom stereocenters. The van der Waals surface area contributed by atoms with Gasteiger partial charge in [0.15, 0.2) is 0 Å². The van der Waals surface area contributed by atoms with Crippen molar-refractivity contribution in [2.75, 3.05) is 13.1 Å². The molecule has 6 heteroatoms. The Hall–Kier alpha value is -0.780. The van der Waals surface area contributed by atoms with Gasteiger partial charge in [0.25, 0.3) is 0 Å². The second-order valence-electron chi connectivity index (χ2n) is 5.86. The summed E-state index contributed by atoms with van der Waals surface area (Å²) in [4.78, 5) is 13.7. The van der Waals surface area contributed by atoms with Gasteiger partial charge in [-0.05, 0) is 38.0 Å². The minimum Gasteiger partial charge on any atom is -0.342 e. The average Bonchev–Trinajstić information content (AvgIpc) is 3.02. The second kappa shape index (κ2) is 5.69. The lowest BCUT2D eigenvalue weighted by Gasteiger charge is -2.26. The number of amides is 1. The van der Waals surface area contributed by atoms with Crippen LogP contribution in [-0.4, -0.2) is 36.1 Å². The molecule has 0 radical (unpaired) electrons. The van der Waals surface area contributed by atoms with Crippen LogP contribution in [0.15, 0.2) is 0 Å². The molecule has 19 heavy (non-hydrogen) atoms. The molecule has 0 bridgehead atoms. The Bertz CT molecular complexity index is 328. The summed E-state index contributed by atoms with van der Waals surface area (Å²) in [7, 11) is 0. The third kappa shape index (κ3) is 4.67. The van der Waals surface area contributed by atoms with Crippen LogP contribution in [0.5, 0.6) is 0 Å². The minimum atomic E-state index is -4.20. The summed E-state index contributed by atoms with van der Waals surface area (Å²) >= 11 is 0. The summed E-state index contributed by atoms with van der Waals surface area (Å²) in [6, 6.07) is 0.0272. The van der Waals surface area contributed by atoms with E-state index in [-0.39, 0.29) is 24.4 Å². The molecule has 0 aliphatic heterocycles. The highest BCUT2D eigenvalue weighted by atomic mass is 19.4. The Balaban J connectivity index is 1.89. The van der Waals surface area contributed by atoms with Crippen LogP contribution in [0, 0.1) is 11.8 Å². The number of carbonyl (C=O) groups is 1. The maximum absolute atomic E-state index is 12.3. The van der Waals surface area contributed by atoms with E-state index in [2.05, 4.69) is 0 Å². The molecule has 2 unspecified atom stereocenters. The van der Waals surface area contributed by atoms with Gasteiger partial charge < -0.3 is 10.6 Å². The van der Waals surface area contributed by atoms with E-state index in [0.717, 1.165) is 19.3 Å². The molecule has 0 spiro atoms. The van der Waals surface area contributed by atoms with Gasteiger partial charge in [-0.25, -0.2) is 0 Å². The summed E-state index contributed by atoms with van der Waals surface area (Å²) in [5, 5.41) is 0. The van der Waals surface area contributed by atoms with Crippen LogP contribution < -0.4 is 5.73 Å². The SMILES string of the molecule is NC1CCC(C(=O)N(CCC(F)(F)F)CC2CC2)C1. The Labute approximate surface area is 111 Å². The van der Waals surface area contributed by atoms with E-state index in [1.807, 2.05) is 0 Å². The van der Waals surface area contributed by atoms with Crippen LogP contribution in [0.3, 0.4) is 0 Å². The van der Waals surface area contributed by atoms with Crippen LogP contribution >= 0.6 is 0 Å². The number of hydrogen-bond donors (Lipinski definition) is 1. The van der Waals surface area contributed by atoms with Gasteiger partial charge in [0.05, 0.1) is 6.42 Å². The van der Waals surface area contributed by atoms with Crippen LogP contribution in [-0.2, 0) is 4.79 Å². The molecule has 0 aromatic rings. The monoisotopic (exact) mass is 278 g/mol. The molecule has 2 N–H and O–H groups in total. The molecule has 2 aliphatic rings. The zero-order valence-corrected chi connectivity index (χ0v) is 11.0. The van der Waals surface area contributed by atoms with E-state index >= 15 is 0 Å². The molecule has 2 aliphatic carbocycles. The zero-order valence-electron chi connectivity index (χ0n) is 11.0. The first kappa shape index (κ1) is 14.6. The maximum Gasteiger partial charge on any atom is 0.390 e. The fourth-order valence-electron chi connectivity index (χ4n) is 2.66. The topological polar surface area (TPSA) is 46.3 Å². The van der Waals surface area contributed by atoms with Crippen molar-refractivity contribution in [1.29, 1.82) is 0 Å². The van der Waals surface area contributed by atoms with Gasteiger partial charge in [0, 0.05) is 25.0 Å². The Kier molecular flexibility index (Phi) is 4.38. The van der Waals surface area contributed by atoms with Gasteiger partial charge in [0.1, 0.15) is 0 Å². The van der Waals surface area contributed by atoms with Gasteiger partial charge in [-0.15, -0.1) is 0 Å². The molecule has 110 valence electrons. The fraction of sp³-hybridized carbons (Fsp3) is 0.923. The summed E-state index contributed by atoms with van der Waals surface area (Å²) in [6.07, 6.45) is -0.926. The number of nitrogens with zero attached hydrogens (tertiary/aromatic N) is 1. The first-order valence-electron chi connectivity index (χ1n) is 6.96. The quantitative estimate of drug-likeness (QED) is 0.838. The number of nitrogens with two attached hydrogens (primary N) is 1. The Morgan fingerprint density at radius 2 is 1.89 bits per heavy atom. The molecule has 1 amide bonds. The van der Waals surface area contributed by atoms with Gasteiger partial charge in [-0.2, -0.15) is 13.2 Å². The largest absolute Gasteiger partial charge is 0.390 e. The number of halogens is 3.